The predicted octanol–water partition coefficient (Wildman–Crippen LogP) is 3.69. The van der Waals surface area contributed by atoms with Crippen LogP contribution in [0.15, 0.2) is 41.1 Å². The van der Waals surface area contributed by atoms with Crippen LogP contribution in [-0.4, -0.2) is 16.5 Å². The first-order valence-electron chi connectivity index (χ1n) is 7.02. The number of aryl methyl sites for hydroxylation is 1. The molecular formula is C16H20BrN3. The van der Waals surface area contributed by atoms with E-state index in [1.165, 1.54) is 5.56 Å². The molecule has 2 aromatic rings. The molecule has 0 spiro atoms. The highest BCUT2D eigenvalue weighted by atomic mass is 79.9. The fourth-order valence-electron chi connectivity index (χ4n) is 2.16. The highest BCUT2D eigenvalue weighted by Crippen LogP contribution is 2.23. The van der Waals surface area contributed by atoms with Gasteiger partial charge in [0, 0.05) is 29.0 Å². The van der Waals surface area contributed by atoms with Crippen molar-refractivity contribution in [3.8, 4) is 0 Å². The Morgan fingerprint density at radius 1 is 1.20 bits per heavy atom. The first-order valence-corrected chi connectivity index (χ1v) is 7.81. The number of rotatable bonds is 6. The Morgan fingerprint density at radius 3 is 2.65 bits per heavy atom. The van der Waals surface area contributed by atoms with Crippen LogP contribution in [0.1, 0.15) is 36.8 Å². The first-order chi connectivity index (χ1) is 9.74. The maximum atomic E-state index is 4.54. The summed E-state index contributed by atoms with van der Waals surface area (Å²) in [6, 6.07) is 8.40. The predicted molar refractivity (Wildman–Crippen MR) is 85.7 cm³/mol. The Labute approximate surface area is 129 Å². The fourth-order valence-corrected chi connectivity index (χ4v) is 2.69. The van der Waals surface area contributed by atoms with E-state index >= 15 is 0 Å². The summed E-state index contributed by atoms with van der Waals surface area (Å²) in [6.07, 6.45) is 5.66. The molecule has 106 valence electrons. The Bertz CT molecular complexity index is 540. The molecule has 0 amide bonds. The van der Waals surface area contributed by atoms with Crippen LogP contribution in [0.25, 0.3) is 0 Å². The van der Waals surface area contributed by atoms with E-state index in [4.69, 9.17) is 0 Å². The maximum Gasteiger partial charge on any atom is 0.0718 e. The molecule has 1 N–H and O–H groups in total. The van der Waals surface area contributed by atoms with E-state index in [0.29, 0.717) is 0 Å². The van der Waals surface area contributed by atoms with Crippen molar-refractivity contribution < 1.29 is 0 Å². The highest BCUT2D eigenvalue weighted by molar-refractivity contribution is 9.10. The van der Waals surface area contributed by atoms with Crippen molar-refractivity contribution >= 4 is 15.9 Å². The van der Waals surface area contributed by atoms with Gasteiger partial charge in [0.2, 0.25) is 0 Å². The van der Waals surface area contributed by atoms with Crippen LogP contribution in [0.5, 0.6) is 0 Å². The van der Waals surface area contributed by atoms with Crippen LogP contribution >= 0.6 is 15.9 Å². The Hall–Kier alpha value is -1.26. The zero-order valence-corrected chi connectivity index (χ0v) is 13.5. The molecule has 20 heavy (non-hydrogen) atoms. The van der Waals surface area contributed by atoms with Gasteiger partial charge in [-0.3, -0.25) is 9.97 Å². The Morgan fingerprint density at radius 2 is 2.05 bits per heavy atom. The van der Waals surface area contributed by atoms with Crippen molar-refractivity contribution in [3.63, 3.8) is 0 Å². The summed E-state index contributed by atoms with van der Waals surface area (Å²) in [6.45, 7) is 5.15. The van der Waals surface area contributed by atoms with Crippen LogP contribution in [0.2, 0.25) is 0 Å². The Balaban J connectivity index is 2.18. The third-order valence-corrected chi connectivity index (χ3v) is 3.95. The van der Waals surface area contributed by atoms with Gasteiger partial charge < -0.3 is 5.32 Å². The summed E-state index contributed by atoms with van der Waals surface area (Å²) in [5.74, 6) is 0. The molecule has 0 saturated heterocycles. The first kappa shape index (κ1) is 15.1. The van der Waals surface area contributed by atoms with Crippen molar-refractivity contribution in [2.24, 2.45) is 0 Å². The number of hydrogen-bond acceptors (Lipinski definition) is 3. The lowest BCUT2D eigenvalue weighted by atomic mass is 10.1. The Kier molecular flexibility index (Phi) is 5.68. The van der Waals surface area contributed by atoms with Crippen LogP contribution in [0.4, 0.5) is 0 Å². The van der Waals surface area contributed by atoms with Crippen LogP contribution < -0.4 is 5.32 Å². The molecule has 0 saturated carbocycles. The molecule has 2 aromatic heterocycles. The average Bonchev–Trinajstić information content (AvgIpc) is 2.48. The minimum atomic E-state index is 0.176. The van der Waals surface area contributed by atoms with Gasteiger partial charge in [-0.1, -0.05) is 19.9 Å². The largest absolute Gasteiger partial charge is 0.309 e. The van der Waals surface area contributed by atoms with E-state index in [2.05, 4.69) is 57.2 Å². The van der Waals surface area contributed by atoms with Crippen molar-refractivity contribution in [2.45, 2.75) is 32.7 Å². The minimum Gasteiger partial charge on any atom is -0.309 e. The van der Waals surface area contributed by atoms with Crippen molar-refractivity contribution in [1.82, 2.24) is 15.3 Å². The molecule has 2 rings (SSSR count). The number of aromatic nitrogens is 2. The van der Waals surface area contributed by atoms with Crippen molar-refractivity contribution in [2.75, 3.05) is 6.54 Å². The van der Waals surface area contributed by atoms with Crippen molar-refractivity contribution in [1.29, 1.82) is 0 Å². The van der Waals surface area contributed by atoms with Gasteiger partial charge in [-0.15, -0.1) is 0 Å². The van der Waals surface area contributed by atoms with E-state index in [0.717, 1.165) is 35.2 Å². The second kappa shape index (κ2) is 7.50. The lowest BCUT2D eigenvalue weighted by Gasteiger charge is -2.18. The van der Waals surface area contributed by atoms with Gasteiger partial charge in [0.1, 0.15) is 0 Å². The number of pyridine rings is 2. The summed E-state index contributed by atoms with van der Waals surface area (Å²) < 4.78 is 1.04. The maximum absolute atomic E-state index is 4.54. The molecule has 1 atom stereocenters. The monoisotopic (exact) mass is 333 g/mol. The van der Waals surface area contributed by atoms with Crippen LogP contribution in [0.3, 0.4) is 0 Å². The summed E-state index contributed by atoms with van der Waals surface area (Å²) in [5.41, 5.74) is 3.40. The number of halogens is 1. The van der Waals surface area contributed by atoms with E-state index in [1.807, 2.05) is 24.5 Å². The fraction of sp³-hybridized carbons (Fsp3) is 0.375. The molecule has 0 radical (unpaired) electrons. The highest BCUT2D eigenvalue weighted by Gasteiger charge is 2.16. The summed E-state index contributed by atoms with van der Waals surface area (Å²) >= 11 is 3.58. The molecule has 1 unspecified atom stereocenters. The van der Waals surface area contributed by atoms with E-state index < -0.39 is 0 Å². The standard InChI is InChI=1S/C16H20BrN3/c1-3-12-7-8-13(20-11-12)10-15(18-4-2)16-14(17)6-5-9-19-16/h5-9,11,15,18H,3-4,10H2,1-2H3. The van der Waals surface area contributed by atoms with Gasteiger partial charge in [-0.2, -0.15) is 0 Å². The smallest absolute Gasteiger partial charge is 0.0718 e. The number of likely N-dealkylation sites (N-methyl/N-ethyl adjacent to an activating group) is 1. The van der Waals surface area contributed by atoms with E-state index in [1.54, 1.807) is 0 Å². The number of hydrogen-bond donors (Lipinski definition) is 1. The third-order valence-electron chi connectivity index (χ3n) is 3.28. The molecule has 3 nitrogen and oxygen atoms in total. The van der Waals surface area contributed by atoms with Crippen LogP contribution in [0, 0.1) is 0 Å². The molecule has 4 heteroatoms. The number of nitrogens with zero attached hydrogens (tertiary/aromatic N) is 2. The summed E-state index contributed by atoms with van der Waals surface area (Å²) in [4.78, 5) is 9.03. The molecule has 2 heterocycles. The zero-order chi connectivity index (χ0) is 14.4. The quantitative estimate of drug-likeness (QED) is 0.875. The van der Waals surface area contributed by atoms with Crippen molar-refractivity contribution in [3.05, 3.63) is 58.1 Å². The summed E-state index contributed by atoms with van der Waals surface area (Å²) in [7, 11) is 0. The lowest BCUT2D eigenvalue weighted by molar-refractivity contribution is 0.529. The molecule has 0 bridgehead atoms. The molecule has 0 aliphatic carbocycles. The topological polar surface area (TPSA) is 37.8 Å². The minimum absolute atomic E-state index is 0.176. The lowest BCUT2D eigenvalue weighted by Crippen LogP contribution is -2.24. The van der Waals surface area contributed by atoms with Gasteiger partial charge in [0.15, 0.2) is 0 Å². The second-order valence-electron chi connectivity index (χ2n) is 4.70. The van der Waals surface area contributed by atoms with E-state index in [-0.39, 0.29) is 6.04 Å². The van der Waals surface area contributed by atoms with Gasteiger partial charge in [0.05, 0.1) is 11.7 Å². The molecule has 0 fully saturated rings. The average molecular weight is 334 g/mol. The zero-order valence-electron chi connectivity index (χ0n) is 11.9. The van der Waals surface area contributed by atoms with Gasteiger partial charge >= 0.3 is 0 Å². The third kappa shape index (κ3) is 3.87. The molecule has 0 aliphatic heterocycles. The molecule has 0 aromatic carbocycles. The van der Waals surface area contributed by atoms with E-state index in [9.17, 15) is 0 Å². The van der Waals surface area contributed by atoms with Gasteiger partial charge in [0.25, 0.3) is 0 Å². The number of nitrogens with one attached hydrogen (secondary N) is 1. The SMILES string of the molecule is CCNC(Cc1ccc(CC)cn1)c1ncccc1Br. The molecule has 0 aliphatic rings. The molecular weight excluding hydrogens is 314 g/mol. The van der Waals surface area contributed by atoms with Crippen LogP contribution in [-0.2, 0) is 12.8 Å². The van der Waals surface area contributed by atoms with Gasteiger partial charge in [-0.25, -0.2) is 0 Å². The second-order valence-corrected chi connectivity index (χ2v) is 5.55. The summed E-state index contributed by atoms with van der Waals surface area (Å²) in [5, 5.41) is 3.48. The van der Waals surface area contributed by atoms with Gasteiger partial charge in [-0.05, 0) is 52.7 Å². The normalized spacial score (nSPS) is 12.3.